The average molecular weight is 289 g/mol. The number of nitrogens with one attached hydrogen (secondary N) is 1. The molecule has 88 valence electrons. The zero-order valence-electron chi connectivity index (χ0n) is 8.70. The van der Waals surface area contributed by atoms with E-state index in [1.165, 1.54) is 0 Å². The summed E-state index contributed by atoms with van der Waals surface area (Å²) in [5.74, 6) is -0.496. The number of aromatic nitrogens is 2. The highest BCUT2D eigenvalue weighted by Gasteiger charge is 2.23. The number of hydrogen-bond acceptors (Lipinski definition) is 3. The third-order valence-corrected chi connectivity index (χ3v) is 3.62. The molecule has 16 heavy (non-hydrogen) atoms. The van der Waals surface area contributed by atoms with Crippen LogP contribution in [-0.4, -0.2) is 34.5 Å². The number of carboxylic acid groups (broad SMARTS) is 1. The molecule has 2 rings (SSSR count). The second-order valence-corrected chi connectivity index (χ2v) is 4.65. The van der Waals surface area contributed by atoms with Gasteiger partial charge < -0.3 is 9.84 Å². The van der Waals surface area contributed by atoms with Crippen molar-refractivity contribution in [3.05, 3.63) is 15.9 Å². The summed E-state index contributed by atoms with van der Waals surface area (Å²) in [6, 6.07) is 0. The van der Waals surface area contributed by atoms with Gasteiger partial charge in [0.25, 0.3) is 0 Å². The molecule has 5 nitrogen and oxygen atoms in total. The molecule has 1 saturated heterocycles. The van der Waals surface area contributed by atoms with Gasteiger partial charge in [-0.15, -0.1) is 0 Å². The fourth-order valence-corrected chi connectivity index (χ4v) is 2.53. The largest absolute Gasteiger partial charge is 0.481 e. The Kier molecular flexibility index (Phi) is 3.60. The Hall–Kier alpha value is -0.880. The van der Waals surface area contributed by atoms with Gasteiger partial charge in [-0.3, -0.25) is 9.89 Å². The summed E-state index contributed by atoms with van der Waals surface area (Å²) in [6.07, 6.45) is 1.85. The highest BCUT2D eigenvalue weighted by atomic mass is 79.9. The second-order valence-electron chi connectivity index (χ2n) is 3.86. The summed E-state index contributed by atoms with van der Waals surface area (Å²) >= 11 is 3.42. The molecule has 2 heterocycles. The minimum Gasteiger partial charge on any atom is -0.481 e. The first-order valence-electron chi connectivity index (χ1n) is 5.20. The van der Waals surface area contributed by atoms with Crippen molar-refractivity contribution in [1.29, 1.82) is 0 Å². The smallest absolute Gasteiger partial charge is 0.309 e. The highest BCUT2D eigenvalue weighted by Crippen LogP contribution is 2.32. The number of H-pyrrole nitrogens is 1. The van der Waals surface area contributed by atoms with Crippen molar-refractivity contribution in [2.45, 2.75) is 25.2 Å². The van der Waals surface area contributed by atoms with E-state index in [2.05, 4.69) is 26.1 Å². The second kappa shape index (κ2) is 4.97. The lowest BCUT2D eigenvalue weighted by Gasteiger charge is -2.20. The first-order chi connectivity index (χ1) is 7.68. The molecule has 6 heteroatoms. The van der Waals surface area contributed by atoms with Crippen molar-refractivity contribution in [1.82, 2.24) is 10.2 Å². The fourth-order valence-electron chi connectivity index (χ4n) is 1.89. The Morgan fingerprint density at radius 2 is 2.25 bits per heavy atom. The Morgan fingerprint density at radius 3 is 2.88 bits per heavy atom. The van der Waals surface area contributed by atoms with Crippen molar-refractivity contribution < 1.29 is 14.6 Å². The molecule has 0 radical (unpaired) electrons. The molecule has 1 aromatic heterocycles. The molecule has 0 bridgehead atoms. The SMILES string of the molecule is O=C(O)Cc1[nH]nc(C2CCOCC2)c1Br. The quantitative estimate of drug-likeness (QED) is 0.888. The normalized spacial score (nSPS) is 17.6. The predicted molar refractivity (Wildman–Crippen MR) is 60.4 cm³/mol. The number of rotatable bonds is 3. The van der Waals surface area contributed by atoms with Crippen LogP contribution >= 0.6 is 15.9 Å². The van der Waals surface area contributed by atoms with Crippen LogP contribution in [0, 0.1) is 0 Å². The molecule has 2 N–H and O–H groups in total. The van der Waals surface area contributed by atoms with Crippen LogP contribution < -0.4 is 0 Å². The summed E-state index contributed by atoms with van der Waals surface area (Å²) in [6.45, 7) is 1.50. The van der Waals surface area contributed by atoms with E-state index in [0.717, 1.165) is 36.2 Å². The summed E-state index contributed by atoms with van der Waals surface area (Å²) in [5.41, 5.74) is 1.56. The Bertz CT molecular complexity index is 385. The van der Waals surface area contributed by atoms with Gasteiger partial charge in [0, 0.05) is 19.1 Å². The summed E-state index contributed by atoms with van der Waals surface area (Å²) in [4.78, 5) is 10.6. The third-order valence-electron chi connectivity index (χ3n) is 2.74. The molecule has 0 amide bonds. The van der Waals surface area contributed by atoms with Gasteiger partial charge in [-0.25, -0.2) is 0 Å². The van der Waals surface area contributed by atoms with E-state index < -0.39 is 5.97 Å². The molecule has 0 aromatic carbocycles. The van der Waals surface area contributed by atoms with Gasteiger partial charge in [-0.2, -0.15) is 5.10 Å². The molecule has 0 atom stereocenters. The van der Waals surface area contributed by atoms with Crippen molar-refractivity contribution in [3.63, 3.8) is 0 Å². The maximum absolute atomic E-state index is 10.6. The van der Waals surface area contributed by atoms with Crippen LogP contribution in [0.1, 0.15) is 30.1 Å². The third kappa shape index (κ3) is 2.44. The summed E-state index contributed by atoms with van der Waals surface area (Å²) in [5, 5.41) is 15.7. The lowest BCUT2D eigenvalue weighted by atomic mass is 9.96. The minimum absolute atomic E-state index is 0.0309. The molecule has 0 saturated carbocycles. The van der Waals surface area contributed by atoms with E-state index >= 15 is 0 Å². The predicted octanol–water partition coefficient (Wildman–Crippen LogP) is 1.69. The molecule has 1 aliphatic rings. The van der Waals surface area contributed by atoms with Gasteiger partial charge in [0.15, 0.2) is 0 Å². The van der Waals surface area contributed by atoms with Gasteiger partial charge in [0.2, 0.25) is 0 Å². The van der Waals surface area contributed by atoms with Gasteiger partial charge in [-0.05, 0) is 28.8 Å². The molecular formula is C10H13BrN2O3. The molecule has 0 spiro atoms. The van der Waals surface area contributed by atoms with E-state index in [0.29, 0.717) is 11.6 Å². The van der Waals surface area contributed by atoms with Crippen molar-refractivity contribution in [2.75, 3.05) is 13.2 Å². The topological polar surface area (TPSA) is 75.2 Å². The fraction of sp³-hybridized carbons (Fsp3) is 0.600. The number of halogens is 1. The monoisotopic (exact) mass is 288 g/mol. The Balaban J connectivity index is 2.15. The summed E-state index contributed by atoms with van der Waals surface area (Å²) in [7, 11) is 0. The van der Waals surface area contributed by atoms with Crippen molar-refractivity contribution >= 4 is 21.9 Å². The van der Waals surface area contributed by atoms with Crippen molar-refractivity contribution in [3.8, 4) is 0 Å². The molecule has 1 aliphatic heterocycles. The molecule has 0 aliphatic carbocycles. The van der Waals surface area contributed by atoms with Crippen LogP contribution in [0.15, 0.2) is 4.47 Å². The van der Waals surface area contributed by atoms with Crippen LogP contribution in [0.4, 0.5) is 0 Å². The van der Waals surface area contributed by atoms with Crippen molar-refractivity contribution in [2.24, 2.45) is 0 Å². The first-order valence-corrected chi connectivity index (χ1v) is 6.00. The number of carbonyl (C=O) groups is 1. The molecule has 1 aromatic rings. The average Bonchev–Trinajstić information content (AvgIpc) is 2.61. The Labute approximate surface area is 101 Å². The Morgan fingerprint density at radius 1 is 1.56 bits per heavy atom. The van der Waals surface area contributed by atoms with E-state index in [4.69, 9.17) is 9.84 Å². The zero-order valence-corrected chi connectivity index (χ0v) is 10.3. The van der Waals surface area contributed by atoms with Gasteiger partial charge in [-0.1, -0.05) is 0 Å². The van der Waals surface area contributed by atoms with Crippen LogP contribution in [0.5, 0.6) is 0 Å². The number of ether oxygens (including phenoxy) is 1. The van der Waals surface area contributed by atoms with Gasteiger partial charge in [0.05, 0.1) is 22.3 Å². The van der Waals surface area contributed by atoms with Crippen LogP contribution in [-0.2, 0) is 16.0 Å². The standard InChI is InChI=1S/C10H13BrN2O3/c11-9-7(5-8(14)15)12-13-10(9)6-1-3-16-4-2-6/h6H,1-5H2,(H,12,13)(H,14,15). The van der Waals surface area contributed by atoms with Gasteiger partial charge >= 0.3 is 5.97 Å². The lowest BCUT2D eigenvalue weighted by molar-refractivity contribution is -0.136. The maximum Gasteiger partial charge on any atom is 0.309 e. The number of hydrogen-bond donors (Lipinski definition) is 2. The van der Waals surface area contributed by atoms with Gasteiger partial charge in [0.1, 0.15) is 0 Å². The van der Waals surface area contributed by atoms with E-state index in [1.54, 1.807) is 0 Å². The van der Waals surface area contributed by atoms with Crippen LogP contribution in [0.25, 0.3) is 0 Å². The van der Waals surface area contributed by atoms with Crippen LogP contribution in [0.2, 0.25) is 0 Å². The summed E-state index contributed by atoms with van der Waals surface area (Å²) < 4.78 is 6.09. The van der Waals surface area contributed by atoms with E-state index in [9.17, 15) is 4.79 Å². The number of carboxylic acids is 1. The first kappa shape index (κ1) is 11.6. The number of nitrogens with zero attached hydrogens (tertiary/aromatic N) is 1. The minimum atomic E-state index is -0.858. The highest BCUT2D eigenvalue weighted by molar-refractivity contribution is 9.10. The molecule has 1 fully saturated rings. The van der Waals surface area contributed by atoms with Crippen LogP contribution in [0.3, 0.4) is 0 Å². The lowest BCUT2D eigenvalue weighted by Crippen LogP contribution is -2.14. The zero-order chi connectivity index (χ0) is 11.5. The maximum atomic E-state index is 10.6. The number of aromatic amines is 1. The number of aliphatic carboxylic acids is 1. The molecular weight excluding hydrogens is 276 g/mol. The van der Waals surface area contributed by atoms with E-state index in [-0.39, 0.29) is 6.42 Å². The van der Waals surface area contributed by atoms with E-state index in [1.807, 2.05) is 0 Å². The molecule has 0 unspecified atom stereocenters.